The molecule has 0 fully saturated rings. The van der Waals surface area contributed by atoms with E-state index >= 15 is 0 Å². The van der Waals surface area contributed by atoms with Gasteiger partial charge in [0, 0.05) is 29.2 Å². The van der Waals surface area contributed by atoms with Crippen molar-refractivity contribution in [1.29, 1.82) is 0 Å². The molecule has 0 radical (unpaired) electrons. The fourth-order valence-corrected chi connectivity index (χ4v) is 2.72. The van der Waals surface area contributed by atoms with Gasteiger partial charge in [-0.2, -0.15) is 0 Å². The normalized spacial score (nSPS) is 12.9. The summed E-state index contributed by atoms with van der Waals surface area (Å²) >= 11 is 6.12. The maximum atomic E-state index is 13.3. The number of fused-ring (bicyclic) bond motifs is 1. The van der Waals surface area contributed by atoms with Crippen molar-refractivity contribution in [3.8, 4) is 5.75 Å². The Balaban J connectivity index is 1.84. The minimum atomic E-state index is -0.245. The summed E-state index contributed by atoms with van der Waals surface area (Å²) in [6, 6.07) is 8.56. The first-order valence-electron chi connectivity index (χ1n) is 6.57. The molecule has 1 heterocycles. The van der Waals surface area contributed by atoms with Crippen LogP contribution in [0.1, 0.15) is 16.7 Å². The van der Waals surface area contributed by atoms with Crippen LogP contribution < -0.4 is 10.1 Å². The maximum Gasteiger partial charge on any atom is 0.127 e. The molecular weight excluding hydrogens is 277 g/mol. The lowest BCUT2D eigenvalue weighted by atomic mass is 10.1. The molecule has 0 aliphatic carbocycles. The Kier molecular flexibility index (Phi) is 3.53. The zero-order valence-electron chi connectivity index (χ0n) is 11.2. The number of rotatable bonds is 3. The molecule has 1 aliphatic heterocycles. The van der Waals surface area contributed by atoms with Crippen molar-refractivity contribution in [3.05, 3.63) is 57.9 Å². The number of anilines is 1. The molecule has 2 nitrogen and oxygen atoms in total. The molecule has 2 aromatic carbocycles. The van der Waals surface area contributed by atoms with E-state index in [9.17, 15) is 4.39 Å². The van der Waals surface area contributed by atoms with Crippen LogP contribution in [0, 0.1) is 12.7 Å². The molecule has 0 saturated heterocycles. The topological polar surface area (TPSA) is 21.3 Å². The van der Waals surface area contributed by atoms with Crippen LogP contribution in [0.3, 0.4) is 0 Å². The quantitative estimate of drug-likeness (QED) is 0.908. The van der Waals surface area contributed by atoms with Gasteiger partial charge in [-0.3, -0.25) is 0 Å². The number of hydrogen-bond acceptors (Lipinski definition) is 2. The molecule has 0 atom stereocenters. The highest BCUT2D eigenvalue weighted by Gasteiger charge is 2.17. The zero-order valence-corrected chi connectivity index (χ0v) is 11.9. The Morgan fingerprint density at radius 2 is 2.15 bits per heavy atom. The molecule has 3 rings (SSSR count). The van der Waals surface area contributed by atoms with Crippen LogP contribution >= 0.6 is 11.6 Å². The Morgan fingerprint density at radius 1 is 1.30 bits per heavy atom. The van der Waals surface area contributed by atoms with Crippen LogP contribution in [0.2, 0.25) is 5.02 Å². The van der Waals surface area contributed by atoms with Gasteiger partial charge in [0.2, 0.25) is 0 Å². The van der Waals surface area contributed by atoms with Gasteiger partial charge >= 0.3 is 0 Å². The second-order valence-corrected chi connectivity index (χ2v) is 5.40. The Hall–Kier alpha value is -1.74. The van der Waals surface area contributed by atoms with Crippen LogP contribution in [-0.2, 0) is 13.0 Å². The largest absolute Gasteiger partial charge is 0.493 e. The third-order valence-corrected chi connectivity index (χ3v) is 3.71. The van der Waals surface area contributed by atoms with E-state index in [4.69, 9.17) is 16.3 Å². The Morgan fingerprint density at radius 3 is 3.00 bits per heavy atom. The van der Waals surface area contributed by atoms with Gasteiger partial charge in [-0.15, -0.1) is 0 Å². The molecule has 4 heteroatoms. The zero-order chi connectivity index (χ0) is 14.1. The maximum absolute atomic E-state index is 13.3. The summed E-state index contributed by atoms with van der Waals surface area (Å²) in [5.41, 5.74) is 3.95. The summed E-state index contributed by atoms with van der Waals surface area (Å²) in [5, 5.41) is 3.96. The van der Waals surface area contributed by atoms with Crippen molar-refractivity contribution >= 4 is 17.3 Å². The van der Waals surface area contributed by atoms with E-state index in [1.54, 1.807) is 6.07 Å². The van der Waals surface area contributed by atoms with Crippen LogP contribution in [0.25, 0.3) is 0 Å². The highest BCUT2D eigenvalue weighted by molar-refractivity contribution is 6.30. The minimum Gasteiger partial charge on any atom is -0.493 e. The molecular formula is C16H15ClFNO. The van der Waals surface area contributed by atoms with Gasteiger partial charge in [-0.05, 0) is 42.3 Å². The molecule has 20 heavy (non-hydrogen) atoms. The smallest absolute Gasteiger partial charge is 0.127 e. The highest BCUT2D eigenvalue weighted by atomic mass is 35.5. The first kappa shape index (κ1) is 13.3. The van der Waals surface area contributed by atoms with E-state index < -0.39 is 0 Å². The number of ether oxygens (including phenoxy) is 1. The lowest BCUT2D eigenvalue weighted by Crippen LogP contribution is -2.03. The lowest BCUT2D eigenvalue weighted by Gasteiger charge is -2.13. The first-order valence-corrected chi connectivity index (χ1v) is 6.95. The molecule has 0 saturated carbocycles. The van der Waals surface area contributed by atoms with Crippen LogP contribution in [-0.4, -0.2) is 6.61 Å². The molecule has 1 aliphatic rings. The van der Waals surface area contributed by atoms with Crippen molar-refractivity contribution in [2.75, 3.05) is 11.9 Å². The van der Waals surface area contributed by atoms with Gasteiger partial charge in [0.05, 0.1) is 6.61 Å². The first-order chi connectivity index (χ1) is 9.63. The van der Waals surface area contributed by atoms with Gasteiger partial charge in [0.1, 0.15) is 11.6 Å². The van der Waals surface area contributed by atoms with Crippen molar-refractivity contribution in [1.82, 2.24) is 0 Å². The third-order valence-electron chi connectivity index (χ3n) is 3.49. The van der Waals surface area contributed by atoms with E-state index in [1.165, 1.54) is 12.1 Å². The molecule has 104 valence electrons. The number of nitrogens with one attached hydrogen (secondary N) is 1. The average Bonchev–Trinajstić information content (AvgIpc) is 2.87. The van der Waals surface area contributed by atoms with Crippen molar-refractivity contribution < 1.29 is 9.13 Å². The highest BCUT2D eigenvalue weighted by Crippen LogP contribution is 2.33. The van der Waals surface area contributed by atoms with Gasteiger partial charge < -0.3 is 10.1 Å². The number of halogens is 2. The van der Waals surface area contributed by atoms with E-state index in [2.05, 4.69) is 5.32 Å². The van der Waals surface area contributed by atoms with E-state index in [-0.39, 0.29) is 5.82 Å². The van der Waals surface area contributed by atoms with E-state index in [0.29, 0.717) is 18.2 Å². The molecule has 2 aromatic rings. The van der Waals surface area contributed by atoms with E-state index in [1.807, 2.05) is 19.1 Å². The minimum absolute atomic E-state index is 0.245. The van der Waals surface area contributed by atoms with E-state index in [0.717, 1.165) is 34.5 Å². The predicted octanol–water partition coefficient (Wildman–Crippen LogP) is 4.33. The van der Waals surface area contributed by atoms with Gasteiger partial charge in [0.15, 0.2) is 0 Å². The number of hydrogen-bond donors (Lipinski definition) is 1. The monoisotopic (exact) mass is 291 g/mol. The van der Waals surface area contributed by atoms with Gasteiger partial charge in [-0.1, -0.05) is 17.7 Å². The molecule has 0 spiro atoms. The Labute approximate surface area is 122 Å². The van der Waals surface area contributed by atoms with Gasteiger partial charge in [0.25, 0.3) is 0 Å². The second-order valence-electron chi connectivity index (χ2n) is 4.96. The molecule has 0 bridgehead atoms. The summed E-state index contributed by atoms with van der Waals surface area (Å²) in [6.45, 7) is 3.20. The Bertz CT molecular complexity index is 657. The lowest BCUT2D eigenvalue weighted by molar-refractivity contribution is 0.354. The molecule has 1 N–H and O–H groups in total. The van der Waals surface area contributed by atoms with Crippen LogP contribution in [0.15, 0.2) is 30.3 Å². The summed E-state index contributed by atoms with van der Waals surface area (Å²) in [6.07, 6.45) is 0.891. The number of benzene rings is 2. The van der Waals surface area contributed by atoms with Crippen LogP contribution in [0.5, 0.6) is 5.75 Å². The molecule has 0 unspecified atom stereocenters. The summed E-state index contributed by atoms with van der Waals surface area (Å²) < 4.78 is 18.9. The average molecular weight is 292 g/mol. The van der Waals surface area contributed by atoms with Crippen LogP contribution in [0.4, 0.5) is 10.1 Å². The van der Waals surface area contributed by atoms with Gasteiger partial charge in [-0.25, -0.2) is 4.39 Å². The fourth-order valence-electron chi connectivity index (χ4n) is 2.45. The standard InChI is InChI=1S/C16H15ClFNO/c1-10-2-3-14(18)8-15(10)19-9-12-7-13(17)6-11-4-5-20-16(11)12/h2-3,6-8,19H,4-5,9H2,1H3. The van der Waals surface area contributed by atoms with Crippen molar-refractivity contribution in [3.63, 3.8) is 0 Å². The second kappa shape index (κ2) is 5.33. The third kappa shape index (κ3) is 2.59. The van der Waals surface area contributed by atoms with Crippen molar-refractivity contribution in [2.24, 2.45) is 0 Å². The SMILES string of the molecule is Cc1ccc(F)cc1NCc1cc(Cl)cc2c1OCC2. The molecule has 0 aromatic heterocycles. The summed E-state index contributed by atoms with van der Waals surface area (Å²) in [4.78, 5) is 0. The molecule has 0 amide bonds. The van der Waals surface area contributed by atoms with Crippen molar-refractivity contribution in [2.45, 2.75) is 19.9 Å². The fraction of sp³-hybridized carbons (Fsp3) is 0.250. The number of aryl methyl sites for hydroxylation is 1. The predicted molar refractivity (Wildman–Crippen MR) is 79.1 cm³/mol. The summed E-state index contributed by atoms with van der Waals surface area (Å²) in [7, 11) is 0. The summed E-state index contributed by atoms with van der Waals surface area (Å²) in [5.74, 6) is 0.668.